The van der Waals surface area contributed by atoms with Crippen molar-refractivity contribution in [3.63, 3.8) is 0 Å². The molecular formula is C12H21N3O. The summed E-state index contributed by atoms with van der Waals surface area (Å²) in [5, 5.41) is 3.27. The summed E-state index contributed by atoms with van der Waals surface area (Å²) in [5.41, 5.74) is 6.65. The van der Waals surface area contributed by atoms with E-state index in [0.717, 1.165) is 25.4 Å². The van der Waals surface area contributed by atoms with Crippen molar-refractivity contribution in [3.8, 4) is 0 Å². The predicted octanol–water partition coefficient (Wildman–Crippen LogP) is 2.14. The molecule has 0 aromatic carbocycles. The Kier molecular flexibility index (Phi) is 4.55. The molecule has 0 fully saturated rings. The van der Waals surface area contributed by atoms with Gasteiger partial charge in [0.15, 0.2) is 0 Å². The highest BCUT2D eigenvalue weighted by Gasteiger charge is 2.17. The van der Waals surface area contributed by atoms with Crippen LogP contribution in [0.25, 0.3) is 0 Å². The number of rotatable bonds is 6. The summed E-state index contributed by atoms with van der Waals surface area (Å²) in [7, 11) is 1.72. The Labute approximate surface area is 97.2 Å². The zero-order chi connectivity index (χ0) is 12.0. The van der Waals surface area contributed by atoms with E-state index in [0.29, 0.717) is 5.69 Å². The predicted molar refractivity (Wildman–Crippen MR) is 67.4 cm³/mol. The van der Waals surface area contributed by atoms with Crippen molar-refractivity contribution in [2.75, 3.05) is 31.3 Å². The normalized spacial score (nSPS) is 11.4. The molecule has 0 atom stereocenters. The zero-order valence-electron chi connectivity index (χ0n) is 10.3. The molecule has 0 bridgehead atoms. The van der Waals surface area contributed by atoms with Crippen molar-refractivity contribution in [1.29, 1.82) is 0 Å². The van der Waals surface area contributed by atoms with Crippen molar-refractivity contribution in [2.24, 2.45) is 5.41 Å². The molecule has 0 saturated carbocycles. The van der Waals surface area contributed by atoms with Crippen molar-refractivity contribution < 1.29 is 4.74 Å². The van der Waals surface area contributed by atoms with Gasteiger partial charge in [0.2, 0.25) is 0 Å². The zero-order valence-corrected chi connectivity index (χ0v) is 10.3. The lowest BCUT2D eigenvalue weighted by molar-refractivity contribution is 0.157. The van der Waals surface area contributed by atoms with E-state index in [2.05, 4.69) is 24.1 Å². The van der Waals surface area contributed by atoms with Crippen LogP contribution in [0.4, 0.5) is 11.5 Å². The Balaban J connectivity index is 2.47. The standard InChI is InChI=1S/C12H21N3O/c1-12(2,6-8-16-3)9-15-11-10(13)5-4-7-14-11/h4-5,7H,6,8-9,13H2,1-3H3,(H,14,15). The van der Waals surface area contributed by atoms with Gasteiger partial charge in [-0.15, -0.1) is 0 Å². The van der Waals surface area contributed by atoms with E-state index in [1.165, 1.54) is 0 Å². The summed E-state index contributed by atoms with van der Waals surface area (Å²) in [4.78, 5) is 4.19. The molecule has 0 saturated heterocycles. The summed E-state index contributed by atoms with van der Waals surface area (Å²) >= 11 is 0. The Morgan fingerprint density at radius 1 is 1.50 bits per heavy atom. The van der Waals surface area contributed by atoms with Crippen LogP contribution in [0.2, 0.25) is 0 Å². The van der Waals surface area contributed by atoms with Crippen LogP contribution >= 0.6 is 0 Å². The van der Waals surface area contributed by atoms with Gasteiger partial charge in [0.05, 0.1) is 5.69 Å². The monoisotopic (exact) mass is 223 g/mol. The molecule has 0 radical (unpaired) electrons. The molecule has 4 nitrogen and oxygen atoms in total. The van der Waals surface area contributed by atoms with Crippen molar-refractivity contribution in [1.82, 2.24) is 4.98 Å². The number of nitrogens with two attached hydrogens (primary N) is 1. The van der Waals surface area contributed by atoms with Gasteiger partial charge in [-0.25, -0.2) is 4.98 Å². The lowest BCUT2D eigenvalue weighted by Crippen LogP contribution is -2.25. The molecule has 3 N–H and O–H groups in total. The Morgan fingerprint density at radius 3 is 2.88 bits per heavy atom. The Morgan fingerprint density at radius 2 is 2.25 bits per heavy atom. The van der Waals surface area contributed by atoms with Gasteiger partial charge in [-0.3, -0.25) is 0 Å². The first-order valence-corrected chi connectivity index (χ1v) is 5.48. The number of hydrogen-bond donors (Lipinski definition) is 2. The number of pyridine rings is 1. The van der Waals surface area contributed by atoms with E-state index in [9.17, 15) is 0 Å². The highest BCUT2D eigenvalue weighted by atomic mass is 16.5. The van der Waals surface area contributed by atoms with Crippen LogP contribution in [-0.4, -0.2) is 25.2 Å². The van der Waals surface area contributed by atoms with E-state index in [-0.39, 0.29) is 5.41 Å². The minimum atomic E-state index is 0.167. The second-order valence-electron chi connectivity index (χ2n) is 4.70. The van der Waals surface area contributed by atoms with Gasteiger partial charge < -0.3 is 15.8 Å². The van der Waals surface area contributed by atoms with E-state index in [1.54, 1.807) is 13.3 Å². The topological polar surface area (TPSA) is 60.2 Å². The minimum absolute atomic E-state index is 0.167. The second kappa shape index (κ2) is 5.70. The van der Waals surface area contributed by atoms with Gasteiger partial charge in [-0.1, -0.05) is 13.8 Å². The Bertz CT molecular complexity index is 326. The maximum absolute atomic E-state index is 5.80. The number of methoxy groups -OCH3 is 1. The van der Waals surface area contributed by atoms with Gasteiger partial charge in [0, 0.05) is 26.5 Å². The van der Waals surface area contributed by atoms with Crippen LogP contribution in [-0.2, 0) is 4.74 Å². The quantitative estimate of drug-likeness (QED) is 0.775. The number of anilines is 2. The smallest absolute Gasteiger partial charge is 0.149 e. The second-order valence-corrected chi connectivity index (χ2v) is 4.70. The first-order valence-electron chi connectivity index (χ1n) is 5.48. The molecule has 0 spiro atoms. The number of nitrogens with zero attached hydrogens (tertiary/aromatic N) is 1. The fourth-order valence-electron chi connectivity index (χ4n) is 1.36. The first kappa shape index (κ1) is 12.8. The molecular weight excluding hydrogens is 202 g/mol. The molecule has 1 aromatic heterocycles. The molecule has 0 aliphatic carbocycles. The summed E-state index contributed by atoms with van der Waals surface area (Å²) in [6, 6.07) is 3.67. The summed E-state index contributed by atoms with van der Waals surface area (Å²) < 4.78 is 5.09. The van der Waals surface area contributed by atoms with Crippen LogP contribution < -0.4 is 11.1 Å². The third kappa shape index (κ3) is 4.06. The van der Waals surface area contributed by atoms with Crippen LogP contribution in [0.3, 0.4) is 0 Å². The maximum atomic E-state index is 5.80. The van der Waals surface area contributed by atoms with E-state index < -0.39 is 0 Å². The lowest BCUT2D eigenvalue weighted by atomic mass is 9.90. The van der Waals surface area contributed by atoms with Gasteiger partial charge in [-0.05, 0) is 24.0 Å². The number of hydrogen-bond acceptors (Lipinski definition) is 4. The van der Waals surface area contributed by atoms with Crippen LogP contribution in [0.5, 0.6) is 0 Å². The molecule has 16 heavy (non-hydrogen) atoms. The number of nitrogen functional groups attached to an aromatic ring is 1. The van der Waals surface area contributed by atoms with Gasteiger partial charge in [-0.2, -0.15) is 0 Å². The highest BCUT2D eigenvalue weighted by molar-refractivity contribution is 5.60. The van der Waals surface area contributed by atoms with Crippen molar-refractivity contribution in [2.45, 2.75) is 20.3 Å². The maximum Gasteiger partial charge on any atom is 0.149 e. The fourth-order valence-corrected chi connectivity index (χ4v) is 1.36. The highest BCUT2D eigenvalue weighted by Crippen LogP contribution is 2.22. The molecule has 1 rings (SSSR count). The lowest BCUT2D eigenvalue weighted by Gasteiger charge is -2.25. The molecule has 0 aliphatic heterocycles. The SMILES string of the molecule is COCCC(C)(C)CNc1ncccc1N. The van der Waals surface area contributed by atoms with E-state index >= 15 is 0 Å². The fraction of sp³-hybridized carbons (Fsp3) is 0.583. The summed E-state index contributed by atoms with van der Waals surface area (Å²) in [6.45, 7) is 5.99. The molecule has 4 heteroatoms. The largest absolute Gasteiger partial charge is 0.396 e. The number of ether oxygens (including phenoxy) is 1. The molecule has 0 aliphatic rings. The van der Waals surface area contributed by atoms with Crippen molar-refractivity contribution in [3.05, 3.63) is 18.3 Å². The minimum Gasteiger partial charge on any atom is -0.396 e. The van der Waals surface area contributed by atoms with Gasteiger partial charge >= 0.3 is 0 Å². The van der Waals surface area contributed by atoms with Crippen LogP contribution in [0, 0.1) is 5.41 Å². The average Bonchev–Trinajstić information content (AvgIpc) is 2.26. The summed E-state index contributed by atoms with van der Waals surface area (Å²) in [6.07, 6.45) is 2.74. The van der Waals surface area contributed by atoms with E-state index in [1.807, 2.05) is 12.1 Å². The molecule has 0 amide bonds. The summed E-state index contributed by atoms with van der Waals surface area (Å²) in [5.74, 6) is 0.757. The third-order valence-electron chi connectivity index (χ3n) is 2.56. The van der Waals surface area contributed by atoms with Crippen LogP contribution in [0.1, 0.15) is 20.3 Å². The van der Waals surface area contributed by atoms with E-state index in [4.69, 9.17) is 10.5 Å². The first-order chi connectivity index (χ1) is 7.55. The number of aromatic nitrogens is 1. The number of nitrogens with one attached hydrogen (secondary N) is 1. The molecule has 0 unspecified atom stereocenters. The van der Waals surface area contributed by atoms with Gasteiger partial charge in [0.25, 0.3) is 0 Å². The molecule has 90 valence electrons. The Hall–Kier alpha value is -1.29. The molecule has 1 heterocycles. The molecule has 1 aromatic rings. The van der Waals surface area contributed by atoms with Crippen molar-refractivity contribution >= 4 is 11.5 Å². The van der Waals surface area contributed by atoms with Crippen LogP contribution in [0.15, 0.2) is 18.3 Å². The van der Waals surface area contributed by atoms with Gasteiger partial charge in [0.1, 0.15) is 5.82 Å². The third-order valence-corrected chi connectivity index (χ3v) is 2.56. The average molecular weight is 223 g/mol.